The Kier molecular flexibility index (Phi) is 4.39. The van der Waals surface area contributed by atoms with Crippen LogP contribution in [0.3, 0.4) is 0 Å². The maximum absolute atomic E-state index is 12.2. The summed E-state index contributed by atoms with van der Waals surface area (Å²) in [5.41, 5.74) is 6.91. The van der Waals surface area contributed by atoms with Gasteiger partial charge in [0.15, 0.2) is 5.82 Å². The highest BCUT2D eigenvalue weighted by atomic mass is 32.2. The summed E-state index contributed by atoms with van der Waals surface area (Å²) in [6.45, 7) is 2.51. The Bertz CT molecular complexity index is 432. The predicted molar refractivity (Wildman–Crippen MR) is 79.4 cm³/mol. The molecule has 106 valence electrons. The van der Waals surface area contributed by atoms with Crippen LogP contribution in [0.5, 0.6) is 0 Å². The minimum Gasteiger partial charge on any atom is -0.382 e. The zero-order chi connectivity index (χ0) is 13.9. The van der Waals surface area contributed by atoms with Gasteiger partial charge in [0.25, 0.3) is 5.91 Å². The minimum atomic E-state index is -0.122. The highest BCUT2D eigenvalue weighted by molar-refractivity contribution is 8.00. The number of anilines is 1. The molecule has 1 fully saturated rings. The van der Waals surface area contributed by atoms with Gasteiger partial charge in [-0.25, -0.2) is 0 Å². The van der Waals surface area contributed by atoms with Gasteiger partial charge in [-0.15, -0.1) is 0 Å². The quantitative estimate of drug-likeness (QED) is 0.789. The lowest BCUT2D eigenvalue weighted by Gasteiger charge is -2.35. The molecule has 0 atom stereocenters. The maximum Gasteiger partial charge on any atom is 0.256 e. The zero-order valence-electron chi connectivity index (χ0n) is 11.6. The van der Waals surface area contributed by atoms with Gasteiger partial charge in [0.2, 0.25) is 0 Å². The molecule has 0 saturated heterocycles. The van der Waals surface area contributed by atoms with E-state index in [-0.39, 0.29) is 16.5 Å². The lowest BCUT2D eigenvalue weighted by atomic mass is 9.88. The van der Waals surface area contributed by atoms with Gasteiger partial charge in [0.05, 0.1) is 0 Å². The van der Waals surface area contributed by atoms with Crippen molar-refractivity contribution in [2.24, 2.45) is 0 Å². The summed E-state index contributed by atoms with van der Waals surface area (Å²) in [6.07, 6.45) is 8.30. The fourth-order valence-electron chi connectivity index (χ4n) is 2.71. The second kappa shape index (κ2) is 5.86. The van der Waals surface area contributed by atoms with Crippen LogP contribution in [0.1, 0.15) is 48.2 Å². The molecule has 6 heteroatoms. The third-order valence-corrected chi connectivity index (χ3v) is 5.39. The molecule has 0 spiro atoms. The van der Waals surface area contributed by atoms with Crippen LogP contribution in [0, 0.1) is 6.92 Å². The Labute approximate surface area is 118 Å². The summed E-state index contributed by atoms with van der Waals surface area (Å²) < 4.78 is 0.195. The highest BCUT2D eigenvalue weighted by Crippen LogP contribution is 2.38. The molecule has 1 heterocycles. The summed E-state index contributed by atoms with van der Waals surface area (Å²) in [7, 11) is 0. The maximum atomic E-state index is 12.2. The lowest BCUT2D eigenvalue weighted by Crippen LogP contribution is -2.42. The van der Waals surface area contributed by atoms with E-state index in [0.29, 0.717) is 12.1 Å². The second-order valence-electron chi connectivity index (χ2n) is 5.24. The van der Waals surface area contributed by atoms with Gasteiger partial charge in [-0.3, -0.25) is 9.89 Å². The van der Waals surface area contributed by atoms with E-state index in [1.54, 1.807) is 0 Å². The topological polar surface area (TPSA) is 83.8 Å². The molecule has 5 nitrogen and oxygen atoms in total. The van der Waals surface area contributed by atoms with Crippen LogP contribution in [0.2, 0.25) is 0 Å². The number of rotatable bonds is 4. The molecule has 0 aliphatic heterocycles. The normalized spacial score (nSPS) is 18.2. The van der Waals surface area contributed by atoms with E-state index < -0.39 is 0 Å². The summed E-state index contributed by atoms with van der Waals surface area (Å²) in [4.78, 5) is 12.2. The zero-order valence-corrected chi connectivity index (χ0v) is 12.4. The number of aryl methyl sites for hydroxylation is 1. The van der Waals surface area contributed by atoms with E-state index in [0.717, 1.165) is 5.69 Å². The fraction of sp³-hybridized carbons (Fsp3) is 0.692. The van der Waals surface area contributed by atoms with Crippen LogP contribution in [0.25, 0.3) is 0 Å². The van der Waals surface area contributed by atoms with Crippen molar-refractivity contribution in [2.75, 3.05) is 18.5 Å². The largest absolute Gasteiger partial charge is 0.382 e. The molecule has 1 aliphatic rings. The first-order valence-corrected chi connectivity index (χ1v) is 7.94. The summed E-state index contributed by atoms with van der Waals surface area (Å²) >= 11 is 1.87. The molecule has 1 saturated carbocycles. The first kappa shape index (κ1) is 14.2. The van der Waals surface area contributed by atoms with E-state index in [4.69, 9.17) is 5.73 Å². The van der Waals surface area contributed by atoms with Gasteiger partial charge in [0.1, 0.15) is 5.56 Å². The first-order valence-electron chi connectivity index (χ1n) is 6.72. The van der Waals surface area contributed by atoms with E-state index in [2.05, 4.69) is 21.8 Å². The molecule has 0 bridgehead atoms. The molecule has 1 aromatic rings. The van der Waals surface area contributed by atoms with Crippen molar-refractivity contribution in [3.8, 4) is 0 Å². The van der Waals surface area contributed by atoms with Gasteiger partial charge in [-0.05, 0) is 26.0 Å². The average molecular weight is 282 g/mol. The smallest absolute Gasteiger partial charge is 0.256 e. The van der Waals surface area contributed by atoms with E-state index >= 15 is 0 Å². The molecule has 0 unspecified atom stereocenters. The molecule has 0 aromatic carbocycles. The minimum absolute atomic E-state index is 0.122. The van der Waals surface area contributed by atoms with Crippen LogP contribution in [-0.4, -0.2) is 33.7 Å². The monoisotopic (exact) mass is 282 g/mol. The highest BCUT2D eigenvalue weighted by Gasteiger charge is 2.32. The molecule has 4 N–H and O–H groups in total. The molecule has 1 aliphatic carbocycles. The number of nitrogens with two attached hydrogens (primary N) is 1. The van der Waals surface area contributed by atoms with Crippen LogP contribution in [0.4, 0.5) is 5.82 Å². The lowest BCUT2D eigenvalue weighted by molar-refractivity contribution is 0.0947. The third kappa shape index (κ3) is 3.05. The van der Waals surface area contributed by atoms with Gasteiger partial charge in [-0.1, -0.05) is 19.3 Å². The number of carbonyl (C=O) groups is 1. The Hall–Kier alpha value is -1.17. The molecule has 0 radical (unpaired) electrons. The van der Waals surface area contributed by atoms with Gasteiger partial charge in [0, 0.05) is 17.0 Å². The second-order valence-corrected chi connectivity index (χ2v) is 6.51. The number of nitrogens with zero attached hydrogens (tertiary/aromatic N) is 1. The van der Waals surface area contributed by atoms with E-state index in [9.17, 15) is 4.79 Å². The number of nitrogen functional groups attached to an aromatic ring is 1. The Morgan fingerprint density at radius 2 is 2.16 bits per heavy atom. The fourth-order valence-corrected chi connectivity index (χ4v) is 3.63. The number of amides is 1. The summed E-state index contributed by atoms with van der Waals surface area (Å²) in [5.74, 6) is 0.152. The van der Waals surface area contributed by atoms with Crippen LogP contribution >= 0.6 is 11.8 Å². The van der Waals surface area contributed by atoms with Crippen molar-refractivity contribution in [3.63, 3.8) is 0 Å². The Balaban J connectivity index is 2.00. The number of nitrogens with one attached hydrogen (secondary N) is 2. The Morgan fingerprint density at radius 1 is 1.47 bits per heavy atom. The molecular formula is C13H22N4OS. The third-order valence-electron chi connectivity index (χ3n) is 3.97. The van der Waals surface area contributed by atoms with E-state index in [1.807, 2.05) is 18.7 Å². The van der Waals surface area contributed by atoms with Gasteiger partial charge >= 0.3 is 0 Å². The number of H-pyrrole nitrogens is 1. The number of aromatic amines is 1. The number of hydrogen-bond donors (Lipinski definition) is 3. The van der Waals surface area contributed by atoms with Crippen molar-refractivity contribution in [3.05, 3.63) is 11.3 Å². The molecule has 2 rings (SSSR count). The van der Waals surface area contributed by atoms with E-state index in [1.165, 1.54) is 32.1 Å². The van der Waals surface area contributed by atoms with Crippen LogP contribution in [-0.2, 0) is 0 Å². The summed E-state index contributed by atoms with van der Waals surface area (Å²) in [5, 5.41) is 9.62. The van der Waals surface area contributed by atoms with Crippen molar-refractivity contribution >= 4 is 23.5 Å². The predicted octanol–water partition coefficient (Wildman–Crippen LogP) is 2.10. The summed E-state index contributed by atoms with van der Waals surface area (Å²) in [6, 6.07) is 0. The number of aromatic nitrogens is 2. The number of carbonyl (C=O) groups excluding carboxylic acids is 1. The van der Waals surface area contributed by atoms with Crippen molar-refractivity contribution in [1.29, 1.82) is 0 Å². The van der Waals surface area contributed by atoms with Crippen molar-refractivity contribution in [1.82, 2.24) is 15.5 Å². The number of hydrogen-bond acceptors (Lipinski definition) is 4. The molecule has 1 aromatic heterocycles. The first-order chi connectivity index (χ1) is 9.08. The van der Waals surface area contributed by atoms with Gasteiger partial charge < -0.3 is 11.1 Å². The van der Waals surface area contributed by atoms with Crippen molar-refractivity contribution in [2.45, 2.75) is 43.8 Å². The molecule has 1 amide bonds. The molecular weight excluding hydrogens is 260 g/mol. The van der Waals surface area contributed by atoms with Crippen molar-refractivity contribution < 1.29 is 4.79 Å². The SMILES string of the molecule is CSC1(CNC(=O)c2c(N)n[nH]c2C)CCCCC1. The molecule has 19 heavy (non-hydrogen) atoms. The number of thioether (sulfide) groups is 1. The average Bonchev–Trinajstić information content (AvgIpc) is 2.77. The Morgan fingerprint density at radius 3 is 2.68 bits per heavy atom. The van der Waals surface area contributed by atoms with Gasteiger partial charge in [-0.2, -0.15) is 16.9 Å². The standard InChI is InChI=1S/C13H22N4OS/c1-9-10(11(14)17-16-9)12(18)15-8-13(19-2)6-4-3-5-7-13/h3-8H2,1-2H3,(H,15,18)(H3,14,16,17). The van der Waals surface area contributed by atoms with Crippen LogP contribution < -0.4 is 11.1 Å². The van der Waals surface area contributed by atoms with Crippen LogP contribution in [0.15, 0.2) is 0 Å².